The molecule has 0 saturated heterocycles. The Hall–Kier alpha value is -2.14. The van der Waals surface area contributed by atoms with E-state index in [0.29, 0.717) is 11.6 Å². The lowest BCUT2D eigenvalue weighted by molar-refractivity contribution is 0.671. The second-order valence-electron chi connectivity index (χ2n) is 4.76. The fraction of sp³-hybridized carbons (Fsp3) is 0.214. The van der Waals surface area contributed by atoms with E-state index in [1.54, 1.807) is 6.33 Å². The van der Waals surface area contributed by atoms with Gasteiger partial charge in [0.15, 0.2) is 5.82 Å². The van der Waals surface area contributed by atoms with Gasteiger partial charge in [0.2, 0.25) is 0 Å². The maximum absolute atomic E-state index is 6.14. The van der Waals surface area contributed by atoms with E-state index in [9.17, 15) is 0 Å². The van der Waals surface area contributed by atoms with Gasteiger partial charge in [-0.25, -0.2) is 14.6 Å². The van der Waals surface area contributed by atoms with Crippen molar-refractivity contribution in [2.45, 2.75) is 19.9 Å². The average Bonchev–Trinajstić information content (AvgIpc) is 3.04. The summed E-state index contributed by atoms with van der Waals surface area (Å²) in [5.41, 5.74) is 4.27. The van der Waals surface area contributed by atoms with E-state index in [-0.39, 0.29) is 0 Å². The zero-order chi connectivity index (χ0) is 13.7. The predicted octanol–water partition coefficient (Wildman–Crippen LogP) is 2.71. The molecule has 0 saturated carbocycles. The van der Waals surface area contributed by atoms with E-state index in [0.717, 1.165) is 34.9 Å². The maximum atomic E-state index is 6.14. The van der Waals surface area contributed by atoms with Crippen molar-refractivity contribution >= 4 is 11.6 Å². The van der Waals surface area contributed by atoms with Crippen LogP contribution in [0.15, 0.2) is 30.9 Å². The third kappa shape index (κ3) is 1.53. The van der Waals surface area contributed by atoms with Crippen LogP contribution in [-0.2, 0) is 13.0 Å². The first-order valence-electron chi connectivity index (χ1n) is 6.51. The summed E-state index contributed by atoms with van der Waals surface area (Å²) in [6.45, 7) is 2.78. The van der Waals surface area contributed by atoms with Crippen LogP contribution in [0.25, 0.3) is 17.1 Å². The van der Waals surface area contributed by atoms with Gasteiger partial charge in [-0.3, -0.25) is 0 Å². The van der Waals surface area contributed by atoms with Crippen LogP contribution in [0.1, 0.15) is 18.3 Å². The maximum Gasteiger partial charge on any atom is 0.160 e. The average molecular weight is 286 g/mol. The summed E-state index contributed by atoms with van der Waals surface area (Å²) in [7, 11) is 0. The molecule has 0 fully saturated rings. The second-order valence-corrected chi connectivity index (χ2v) is 5.20. The predicted molar refractivity (Wildman–Crippen MR) is 76.1 cm³/mol. The highest BCUT2D eigenvalue weighted by Gasteiger charge is 2.22. The Bertz CT molecular complexity index is 802. The van der Waals surface area contributed by atoms with Gasteiger partial charge in [-0.05, 0) is 24.6 Å². The van der Waals surface area contributed by atoms with Gasteiger partial charge in [0.25, 0.3) is 0 Å². The van der Waals surface area contributed by atoms with Crippen LogP contribution in [0.5, 0.6) is 0 Å². The summed E-state index contributed by atoms with van der Waals surface area (Å²) < 4.78 is 4.01. The largest absolute Gasteiger partial charge is 0.300 e. The van der Waals surface area contributed by atoms with Crippen molar-refractivity contribution in [3.63, 3.8) is 0 Å². The van der Waals surface area contributed by atoms with Crippen LogP contribution in [0.2, 0.25) is 5.02 Å². The number of nitrogens with zero attached hydrogens (tertiary/aromatic N) is 5. The summed E-state index contributed by atoms with van der Waals surface area (Å²) in [5.74, 6) is 0.841. The smallest absolute Gasteiger partial charge is 0.160 e. The first-order valence-corrected chi connectivity index (χ1v) is 6.89. The van der Waals surface area contributed by atoms with Crippen LogP contribution in [0, 0.1) is 0 Å². The molecule has 1 aromatic carbocycles. The van der Waals surface area contributed by atoms with Crippen LogP contribution in [-0.4, -0.2) is 24.3 Å². The van der Waals surface area contributed by atoms with Crippen LogP contribution >= 0.6 is 11.6 Å². The van der Waals surface area contributed by atoms with Gasteiger partial charge in [0.05, 0.1) is 29.9 Å². The van der Waals surface area contributed by atoms with E-state index in [1.807, 2.05) is 29.2 Å². The molecule has 0 radical (unpaired) electrons. The van der Waals surface area contributed by atoms with Gasteiger partial charge < -0.3 is 4.57 Å². The van der Waals surface area contributed by atoms with Crippen molar-refractivity contribution in [3.8, 4) is 17.1 Å². The standard InChI is InChI=1S/C14H12ClN5/c1-2-11-13-6-20-14(16-7-18-20)10-5-9(15)3-4-12(10)19(13)8-17-11/h3-5,7-8H,2,6H2,1H3. The molecule has 0 unspecified atom stereocenters. The summed E-state index contributed by atoms with van der Waals surface area (Å²) in [5, 5.41) is 5.01. The minimum Gasteiger partial charge on any atom is -0.300 e. The number of aryl methyl sites for hydroxylation is 1. The Labute approximate surface area is 120 Å². The van der Waals surface area contributed by atoms with Crippen LogP contribution in [0.3, 0.4) is 0 Å². The molecule has 2 aromatic heterocycles. The topological polar surface area (TPSA) is 48.5 Å². The SMILES string of the molecule is CCc1ncn2c1Cn1ncnc1-c1cc(Cl)ccc1-2. The highest BCUT2D eigenvalue weighted by Crippen LogP contribution is 2.32. The number of imidazole rings is 1. The molecule has 3 heterocycles. The molecule has 20 heavy (non-hydrogen) atoms. The van der Waals surface area contributed by atoms with Crippen molar-refractivity contribution < 1.29 is 0 Å². The quantitative estimate of drug-likeness (QED) is 0.540. The van der Waals surface area contributed by atoms with Crippen molar-refractivity contribution in [2.24, 2.45) is 0 Å². The number of fused-ring (bicyclic) bond motifs is 5. The van der Waals surface area contributed by atoms with Crippen molar-refractivity contribution in [3.05, 3.63) is 47.3 Å². The second kappa shape index (κ2) is 4.18. The molecule has 3 aromatic rings. The lowest BCUT2D eigenvalue weighted by Crippen LogP contribution is -2.06. The molecule has 0 atom stereocenters. The van der Waals surface area contributed by atoms with Gasteiger partial charge in [-0.1, -0.05) is 18.5 Å². The molecule has 0 bridgehead atoms. The fourth-order valence-corrected chi connectivity index (χ4v) is 2.88. The molecule has 6 heteroatoms. The van der Waals surface area contributed by atoms with E-state index in [4.69, 9.17) is 11.6 Å². The van der Waals surface area contributed by atoms with E-state index in [1.165, 1.54) is 0 Å². The first kappa shape index (κ1) is 11.7. The van der Waals surface area contributed by atoms with Gasteiger partial charge in [0.1, 0.15) is 6.33 Å². The number of halogens is 1. The Kier molecular flexibility index (Phi) is 2.44. The Morgan fingerprint density at radius 2 is 2.20 bits per heavy atom. The minimum atomic E-state index is 0.671. The molecule has 4 rings (SSSR count). The third-order valence-electron chi connectivity index (χ3n) is 3.66. The molecular weight excluding hydrogens is 274 g/mol. The summed E-state index contributed by atoms with van der Waals surface area (Å²) in [4.78, 5) is 8.88. The Morgan fingerprint density at radius 1 is 1.30 bits per heavy atom. The lowest BCUT2D eigenvalue weighted by atomic mass is 10.1. The number of aromatic nitrogens is 5. The molecule has 5 nitrogen and oxygen atoms in total. The van der Waals surface area contributed by atoms with E-state index in [2.05, 4.69) is 26.6 Å². The molecule has 100 valence electrons. The lowest BCUT2D eigenvalue weighted by Gasteiger charge is -2.08. The number of hydrogen-bond donors (Lipinski definition) is 0. The van der Waals surface area contributed by atoms with E-state index >= 15 is 0 Å². The molecule has 1 aliphatic heterocycles. The summed E-state index contributed by atoms with van der Waals surface area (Å²) >= 11 is 6.14. The summed E-state index contributed by atoms with van der Waals surface area (Å²) in [6.07, 6.45) is 4.35. The fourth-order valence-electron chi connectivity index (χ4n) is 2.71. The number of hydrogen-bond acceptors (Lipinski definition) is 3. The van der Waals surface area contributed by atoms with Gasteiger partial charge in [-0.15, -0.1) is 0 Å². The molecule has 0 amide bonds. The van der Waals surface area contributed by atoms with Crippen LogP contribution < -0.4 is 0 Å². The minimum absolute atomic E-state index is 0.671. The van der Waals surface area contributed by atoms with Gasteiger partial charge in [0, 0.05) is 10.6 Å². The Morgan fingerprint density at radius 3 is 3.05 bits per heavy atom. The normalized spacial score (nSPS) is 12.5. The van der Waals surface area contributed by atoms with Crippen molar-refractivity contribution in [1.29, 1.82) is 0 Å². The van der Waals surface area contributed by atoms with E-state index < -0.39 is 0 Å². The number of rotatable bonds is 1. The molecule has 1 aliphatic rings. The molecule has 0 spiro atoms. The zero-order valence-electron chi connectivity index (χ0n) is 10.9. The highest BCUT2D eigenvalue weighted by atomic mass is 35.5. The van der Waals surface area contributed by atoms with Gasteiger partial charge >= 0.3 is 0 Å². The van der Waals surface area contributed by atoms with Crippen LogP contribution in [0.4, 0.5) is 0 Å². The zero-order valence-corrected chi connectivity index (χ0v) is 11.7. The molecule has 0 aliphatic carbocycles. The first-order chi connectivity index (χ1) is 9.78. The third-order valence-corrected chi connectivity index (χ3v) is 3.90. The monoisotopic (exact) mass is 285 g/mol. The highest BCUT2D eigenvalue weighted by molar-refractivity contribution is 6.31. The van der Waals surface area contributed by atoms with Crippen molar-refractivity contribution in [1.82, 2.24) is 24.3 Å². The van der Waals surface area contributed by atoms with Gasteiger partial charge in [-0.2, -0.15) is 5.10 Å². The van der Waals surface area contributed by atoms with Crippen molar-refractivity contribution in [2.75, 3.05) is 0 Å². The molecular formula is C14H12ClN5. The Balaban J connectivity index is 2.09. The summed E-state index contributed by atoms with van der Waals surface area (Å²) in [6, 6.07) is 5.83. The molecule has 0 N–H and O–H groups in total. The number of benzene rings is 1.